The van der Waals surface area contributed by atoms with E-state index >= 15 is 0 Å². The van der Waals surface area contributed by atoms with Gasteiger partial charge >= 0.3 is 0 Å². The molecule has 0 unspecified atom stereocenters. The summed E-state index contributed by atoms with van der Waals surface area (Å²) in [5.74, 6) is -0.260. The van der Waals surface area contributed by atoms with Crippen molar-refractivity contribution >= 4 is 16.7 Å². The molecule has 5 heteroatoms. The Morgan fingerprint density at radius 1 is 1.30 bits per heavy atom. The summed E-state index contributed by atoms with van der Waals surface area (Å²) in [6, 6.07) is 8.95. The lowest BCUT2D eigenvalue weighted by molar-refractivity contribution is -0.177. The molecule has 23 heavy (non-hydrogen) atoms. The molecule has 5 nitrogen and oxygen atoms in total. The number of H-pyrrole nitrogens is 1. The number of aromatic amines is 1. The van der Waals surface area contributed by atoms with E-state index in [1.54, 1.807) is 25.3 Å². The van der Waals surface area contributed by atoms with E-state index in [1.807, 2.05) is 19.1 Å². The third kappa shape index (κ3) is 2.36. The molecule has 122 valence electrons. The third-order valence-corrected chi connectivity index (χ3v) is 5.58. The van der Waals surface area contributed by atoms with Gasteiger partial charge in [-0.15, -0.1) is 0 Å². The maximum Gasteiger partial charge on any atom is 0.268 e. The summed E-state index contributed by atoms with van der Waals surface area (Å²) in [4.78, 5) is 27.3. The van der Waals surface area contributed by atoms with Gasteiger partial charge in [0.2, 0.25) is 0 Å². The summed E-state index contributed by atoms with van der Waals surface area (Å²) in [7, 11) is 1.70. The molecule has 2 atom stereocenters. The molecule has 1 aliphatic carbocycles. The van der Waals surface area contributed by atoms with Gasteiger partial charge in [0.1, 0.15) is 5.69 Å². The average molecular weight is 314 g/mol. The third-order valence-electron chi connectivity index (χ3n) is 5.58. The molecule has 1 amide bonds. The van der Waals surface area contributed by atoms with Crippen LogP contribution in [0.25, 0.3) is 10.8 Å². The molecule has 1 aliphatic rings. The van der Waals surface area contributed by atoms with Crippen molar-refractivity contribution < 1.29 is 9.53 Å². The monoisotopic (exact) mass is 314 g/mol. The second-order valence-electron chi connectivity index (χ2n) is 6.99. The topological polar surface area (TPSA) is 71.2 Å². The number of carbonyl (C=O) groups is 1. The first-order chi connectivity index (χ1) is 10.8. The predicted molar refractivity (Wildman–Crippen MR) is 89.6 cm³/mol. The Bertz CT molecular complexity index is 824. The number of hydrogen-bond donors (Lipinski definition) is 2. The number of carbonyl (C=O) groups excluding carboxylic acids is 1. The number of hydrogen-bond acceptors (Lipinski definition) is 3. The zero-order chi connectivity index (χ0) is 16.8. The predicted octanol–water partition coefficient (Wildman–Crippen LogP) is 2.46. The van der Waals surface area contributed by atoms with E-state index in [2.05, 4.69) is 24.1 Å². The Morgan fingerprint density at radius 2 is 2.00 bits per heavy atom. The number of aromatic nitrogens is 1. The second kappa shape index (κ2) is 5.20. The Morgan fingerprint density at radius 3 is 2.65 bits per heavy atom. The minimum absolute atomic E-state index is 0.00919. The summed E-state index contributed by atoms with van der Waals surface area (Å²) < 4.78 is 5.57. The molecule has 0 radical (unpaired) electrons. The largest absolute Gasteiger partial charge is 0.378 e. The number of methoxy groups -OCH3 is 1. The molecule has 0 saturated heterocycles. The fourth-order valence-corrected chi connectivity index (χ4v) is 3.29. The van der Waals surface area contributed by atoms with Crippen molar-refractivity contribution in [2.75, 3.05) is 7.11 Å². The Labute approximate surface area is 135 Å². The van der Waals surface area contributed by atoms with E-state index in [0.717, 1.165) is 11.8 Å². The fraction of sp³-hybridized carbons (Fsp3) is 0.444. The highest BCUT2D eigenvalue weighted by molar-refractivity contribution is 5.96. The van der Waals surface area contributed by atoms with Gasteiger partial charge < -0.3 is 15.0 Å². The SMILES string of the molecule is CO[C@@]1(C)C[C@H](NC(=O)c2cc3ccccc3c(=O)[nH]2)C1(C)C. The van der Waals surface area contributed by atoms with Gasteiger partial charge in [0.15, 0.2) is 0 Å². The first kappa shape index (κ1) is 15.7. The molecule has 1 aromatic heterocycles. The van der Waals surface area contributed by atoms with Gasteiger partial charge in [-0.3, -0.25) is 9.59 Å². The number of nitrogens with one attached hydrogen (secondary N) is 2. The highest BCUT2D eigenvalue weighted by Gasteiger charge is 2.58. The highest BCUT2D eigenvalue weighted by Crippen LogP contribution is 2.51. The van der Waals surface area contributed by atoms with Crippen LogP contribution in [0.2, 0.25) is 0 Å². The fourth-order valence-electron chi connectivity index (χ4n) is 3.29. The van der Waals surface area contributed by atoms with Crippen LogP contribution in [0.5, 0.6) is 0 Å². The number of rotatable bonds is 3. The van der Waals surface area contributed by atoms with Crippen LogP contribution < -0.4 is 10.9 Å². The molecule has 0 bridgehead atoms. The van der Waals surface area contributed by atoms with Gasteiger partial charge in [-0.2, -0.15) is 0 Å². The molecule has 1 heterocycles. The standard InChI is InChI=1S/C18H22N2O3/c1-17(2)14(10-18(17,3)23-4)20-16(22)13-9-11-7-5-6-8-12(11)15(21)19-13/h5-9,14H,10H2,1-4H3,(H,19,21)(H,20,22)/t14-,18-/m0/s1. The maximum atomic E-state index is 12.5. The van der Waals surface area contributed by atoms with Crippen LogP contribution in [0.3, 0.4) is 0 Å². The summed E-state index contributed by atoms with van der Waals surface area (Å²) in [5, 5.41) is 4.36. The first-order valence-electron chi connectivity index (χ1n) is 7.76. The van der Waals surface area contributed by atoms with Gasteiger partial charge in [0, 0.05) is 24.0 Å². The van der Waals surface area contributed by atoms with Crippen LogP contribution in [0, 0.1) is 5.41 Å². The Hall–Kier alpha value is -2.14. The molecule has 2 N–H and O–H groups in total. The Kier molecular flexibility index (Phi) is 3.56. The molecule has 0 spiro atoms. The number of amides is 1. The van der Waals surface area contributed by atoms with Crippen molar-refractivity contribution in [3.63, 3.8) is 0 Å². The van der Waals surface area contributed by atoms with Gasteiger partial charge in [0.05, 0.1) is 5.60 Å². The maximum absolute atomic E-state index is 12.5. The summed E-state index contributed by atoms with van der Waals surface area (Å²) in [5.41, 5.74) is -0.380. The van der Waals surface area contributed by atoms with Crippen LogP contribution in [0.4, 0.5) is 0 Å². The van der Waals surface area contributed by atoms with Crippen LogP contribution in [-0.2, 0) is 4.74 Å². The van der Waals surface area contributed by atoms with E-state index < -0.39 is 0 Å². The molecule has 1 fully saturated rings. The normalized spacial score (nSPS) is 25.8. The van der Waals surface area contributed by atoms with Crippen LogP contribution in [0.1, 0.15) is 37.7 Å². The smallest absolute Gasteiger partial charge is 0.268 e. The molecule has 2 aromatic rings. The van der Waals surface area contributed by atoms with Crippen molar-refractivity contribution in [1.29, 1.82) is 0 Å². The summed E-state index contributed by atoms with van der Waals surface area (Å²) in [6.07, 6.45) is 0.750. The summed E-state index contributed by atoms with van der Waals surface area (Å²) >= 11 is 0. The minimum Gasteiger partial charge on any atom is -0.378 e. The van der Waals surface area contributed by atoms with Gasteiger partial charge in [-0.05, 0) is 30.9 Å². The van der Waals surface area contributed by atoms with Crippen LogP contribution >= 0.6 is 0 Å². The average Bonchev–Trinajstić information content (AvgIpc) is 2.54. The molecule has 1 aromatic carbocycles. The minimum atomic E-state index is -0.260. The van der Waals surface area contributed by atoms with Crippen molar-refractivity contribution in [2.45, 2.75) is 38.8 Å². The summed E-state index contributed by atoms with van der Waals surface area (Å²) in [6.45, 7) is 6.20. The van der Waals surface area contributed by atoms with Crippen molar-refractivity contribution in [1.82, 2.24) is 10.3 Å². The van der Waals surface area contributed by atoms with Crippen molar-refractivity contribution in [3.8, 4) is 0 Å². The number of benzene rings is 1. The number of fused-ring (bicyclic) bond motifs is 1. The number of pyridine rings is 1. The zero-order valence-electron chi connectivity index (χ0n) is 13.9. The first-order valence-corrected chi connectivity index (χ1v) is 7.76. The van der Waals surface area contributed by atoms with E-state index in [9.17, 15) is 9.59 Å². The van der Waals surface area contributed by atoms with E-state index in [1.165, 1.54) is 0 Å². The van der Waals surface area contributed by atoms with Crippen LogP contribution in [0.15, 0.2) is 35.1 Å². The number of ether oxygens (including phenoxy) is 1. The quantitative estimate of drug-likeness (QED) is 0.914. The lowest BCUT2D eigenvalue weighted by Crippen LogP contribution is -2.68. The lowest BCUT2D eigenvalue weighted by Gasteiger charge is -2.59. The highest BCUT2D eigenvalue weighted by atomic mass is 16.5. The molecular weight excluding hydrogens is 292 g/mol. The van der Waals surface area contributed by atoms with E-state index in [0.29, 0.717) is 5.39 Å². The van der Waals surface area contributed by atoms with Crippen molar-refractivity contribution in [3.05, 3.63) is 46.4 Å². The van der Waals surface area contributed by atoms with E-state index in [-0.39, 0.29) is 34.2 Å². The molecule has 0 aliphatic heterocycles. The van der Waals surface area contributed by atoms with Gasteiger partial charge in [-0.1, -0.05) is 32.0 Å². The van der Waals surface area contributed by atoms with Crippen molar-refractivity contribution in [2.24, 2.45) is 5.41 Å². The lowest BCUT2D eigenvalue weighted by atomic mass is 9.56. The van der Waals surface area contributed by atoms with Crippen LogP contribution in [-0.4, -0.2) is 29.6 Å². The second-order valence-corrected chi connectivity index (χ2v) is 6.99. The van der Waals surface area contributed by atoms with Gasteiger partial charge in [0.25, 0.3) is 11.5 Å². The molecular formula is C18H22N2O3. The zero-order valence-corrected chi connectivity index (χ0v) is 13.9. The molecule has 3 rings (SSSR count). The Balaban J connectivity index is 1.84. The molecule has 1 saturated carbocycles. The van der Waals surface area contributed by atoms with E-state index in [4.69, 9.17) is 4.74 Å². The van der Waals surface area contributed by atoms with Gasteiger partial charge in [-0.25, -0.2) is 0 Å².